The Bertz CT molecular complexity index is 927. The summed E-state index contributed by atoms with van der Waals surface area (Å²) in [5.74, 6) is -4.17. The molecule has 3 N–H and O–H groups in total. The summed E-state index contributed by atoms with van der Waals surface area (Å²) in [6, 6.07) is 4.93. The lowest BCUT2D eigenvalue weighted by molar-refractivity contribution is -0.384. The largest absolute Gasteiger partial charge is 0.477 e. The summed E-state index contributed by atoms with van der Waals surface area (Å²) in [6.07, 6.45) is 0. The number of carboxylic acid groups (broad SMARTS) is 2. The average Bonchev–Trinajstić information content (AvgIpc) is 2.53. The highest BCUT2D eigenvalue weighted by atomic mass is 16.6. The first-order valence-electron chi connectivity index (χ1n) is 6.25. The first-order valence-corrected chi connectivity index (χ1v) is 6.25. The lowest BCUT2D eigenvalue weighted by Gasteiger charge is -2.06. The van der Waals surface area contributed by atoms with Gasteiger partial charge in [0.05, 0.1) is 10.5 Å². The standard InChI is InChI=1S/C14H8N2O8/c17-11(6-1-3-7(4-2-6)16(23)24)8-5-9(13(19)20)12(18)15-10(8)14(21)22/h1-5H,(H,15,18)(H,19,20)(H,21,22). The predicted molar refractivity (Wildman–Crippen MR) is 77.5 cm³/mol. The Morgan fingerprint density at radius 1 is 1.00 bits per heavy atom. The first kappa shape index (κ1) is 16.5. The zero-order valence-electron chi connectivity index (χ0n) is 11.7. The number of rotatable bonds is 5. The fraction of sp³-hybridized carbons (Fsp3) is 0. The number of carboxylic acids is 2. The van der Waals surface area contributed by atoms with E-state index in [-0.39, 0.29) is 11.3 Å². The van der Waals surface area contributed by atoms with E-state index in [1.807, 2.05) is 4.98 Å². The van der Waals surface area contributed by atoms with Gasteiger partial charge in [-0.05, 0) is 18.2 Å². The van der Waals surface area contributed by atoms with Gasteiger partial charge in [0.1, 0.15) is 11.3 Å². The number of pyridine rings is 1. The van der Waals surface area contributed by atoms with Gasteiger partial charge in [-0.1, -0.05) is 0 Å². The number of ketones is 1. The Balaban J connectivity index is 2.60. The van der Waals surface area contributed by atoms with Crippen molar-refractivity contribution < 1.29 is 29.5 Å². The van der Waals surface area contributed by atoms with Crippen LogP contribution in [0.3, 0.4) is 0 Å². The molecular weight excluding hydrogens is 324 g/mol. The molecule has 2 rings (SSSR count). The van der Waals surface area contributed by atoms with E-state index in [2.05, 4.69) is 0 Å². The van der Waals surface area contributed by atoms with E-state index in [0.717, 1.165) is 24.3 Å². The zero-order chi connectivity index (χ0) is 18.0. The molecule has 10 nitrogen and oxygen atoms in total. The Kier molecular flexibility index (Phi) is 4.22. The van der Waals surface area contributed by atoms with E-state index in [0.29, 0.717) is 6.07 Å². The molecule has 0 aliphatic rings. The number of nitrogens with zero attached hydrogens (tertiary/aromatic N) is 1. The molecule has 10 heteroatoms. The molecule has 0 radical (unpaired) electrons. The summed E-state index contributed by atoms with van der Waals surface area (Å²) in [4.78, 5) is 57.8. The number of nitrogens with one attached hydrogen (secondary N) is 1. The second kappa shape index (κ2) is 6.12. The minimum atomic E-state index is -1.63. The van der Waals surface area contributed by atoms with Gasteiger partial charge in [-0.15, -0.1) is 0 Å². The van der Waals surface area contributed by atoms with E-state index in [9.17, 15) is 29.3 Å². The molecular formula is C14H8N2O8. The summed E-state index contributed by atoms with van der Waals surface area (Å²) in [6.45, 7) is 0. The molecule has 0 bridgehead atoms. The second-order valence-electron chi connectivity index (χ2n) is 4.54. The summed E-state index contributed by atoms with van der Waals surface area (Å²) in [7, 11) is 0. The van der Waals surface area contributed by atoms with Crippen LogP contribution in [0, 0.1) is 10.1 Å². The van der Waals surface area contributed by atoms with Crippen LogP contribution < -0.4 is 5.56 Å². The first-order chi connectivity index (χ1) is 11.2. The van der Waals surface area contributed by atoms with Gasteiger partial charge in [0.2, 0.25) is 0 Å². The number of aromatic amines is 1. The van der Waals surface area contributed by atoms with Gasteiger partial charge in [-0.3, -0.25) is 19.7 Å². The highest BCUT2D eigenvalue weighted by Crippen LogP contribution is 2.17. The second-order valence-corrected chi connectivity index (χ2v) is 4.54. The van der Waals surface area contributed by atoms with Gasteiger partial charge in [-0.2, -0.15) is 0 Å². The number of non-ortho nitro benzene ring substituents is 1. The van der Waals surface area contributed by atoms with Crippen molar-refractivity contribution in [3.63, 3.8) is 0 Å². The van der Waals surface area contributed by atoms with E-state index in [1.54, 1.807) is 0 Å². The Morgan fingerprint density at radius 2 is 1.58 bits per heavy atom. The average molecular weight is 332 g/mol. The maximum Gasteiger partial charge on any atom is 0.353 e. The third kappa shape index (κ3) is 3.02. The maximum absolute atomic E-state index is 12.4. The number of nitro benzene ring substituents is 1. The third-order valence-electron chi connectivity index (χ3n) is 3.07. The number of aromatic nitrogens is 1. The van der Waals surface area contributed by atoms with Crippen LogP contribution in [0.15, 0.2) is 35.1 Å². The molecule has 1 heterocycles. The number of carbonyl (C=O) groups excluding carboxylic acids is 1. The lowest BCUT2D eigenvalue weighted by atomic mass is 10.00. The van der Waals surface area contributed by atoms with Crippen molar-refractivity contribution in [3.05, 3.63) is 73.2 Å². The van der Waals surface area contributed by atoms with Crippen LogP contribution in [0.5, 0.6) is 0 Å². The molecule has 0 unspecified atom stereocenters. The molecule has 0 amide bonds. The van der Waals surface area contributed by atoms with Crippen molar-refractivity contribution in [1.82, 2.24) is 4.98 Å². The molecule has 122 valence electrons. The van der Waals surface area contributed by atoms with Crippen molar-refractivity contribution in [2.24, 2.45) is 0 Å². The number of nitro groups is 1. The monoisotopic (exact) mass is 332 g/mol. The van der Waals surface area contributed by atoms with Crippen LogP contribution in [0.1, 0.15) is 36.8 Å². The van der Waals surface area contributed by atoms with Gasteiger partial charge in [0.15, 0.2) is 5.78 Å². The van der Waals surface area contributed by atoms with Gasteiger partial charge in [0, 0.05) is 17.7 Å². The van der Waals surface area contributed by atoms with Crippen LogP contribution in [0.4, 0.5) is 5.69 Å². The molecule has 2 aromatic rings. The van der Waals surface area contributed by atoms with Gasteiger partial charge in [0.25, 0.3) is 11.2 Å². The molecule has 0 saturated carbocycles. The molecule has 0 fully saturated rings. The third-order valence-corrected chi connectivity index (χ3v) is 3.07. The number of H-pyrrole nitrogens is 1. The Morgan fingerprint density at radius 3 is 2.04 bits per heavy atom. The predicted octanol–water partition coefficient (Wildman–Crippen LogP) is 0.910. The van der Waals surface area contributed by atoms with Crippen LogP contribution in [0.2, 0.25) is 0 Å². The van der Waals surface area contributed by atoms with E-state index >= 15 is 0 Å². The van der Waals surface area contributed by atoms with Crippen LogP contribution in [0.25, 0.3) is 0 Å². The minimum Gasteiger partial charge on any atom is -0.477 e. The van der Waals surface area contributed by atoms with Crippen LogP contribution in [-0.2, 0) is 0 Å². The molecule has 1 aromatic heterocycles. The van der Waals surface area contributed by atoms with Crippen molar-refractivity contribution in [1.29, 1.82) is 0 Å². The molecule has 1 aromatic carbocycles. The maximum atomic E-state index is 12.4. The lowest BCUT2D eigenvalue weighted by Crippen LogP contribution is -2.24. The normalized spacial score (nSPS) is 10.2. The van der Waals surface area contributed by atoms with Gasteiger partial charge >= 0.3 is 11.9 Å². The molecule has 0 aliphatic heterocycles. The molecule has 0 atom stereocenters. The fourth-order valence-corrected chi connectivity index (χ4v) is 1.93. The topological polar surface area (TPSA) is 168 Å². The van der Waals surface area contributed by atoms with Crippen LogP contribution >= 0.6 is 0 Å². The number of carbonyl (C=O) groups is 3. The number of benzene rings is 1. The quantitative estimate of drug-likeness (QED) is 0.412. The minimum absolute atomic E-state index is 0.105. The number of hydrogen-bond donors (Lipinski definition) is 3. The van der Waals surface area contributed by atoms with Gasteiger partial charge in [-0.25, -0.2) is 9.59 Å². The van der Waals surface area contributed by atoms with Crippen molar-refractivity contribution >= 4 is 23.4 Å². The number of hydrogen-bond acceptors (Lipinski definition) is 6. The summed E-state index contributed by atoms with van der Waals surface area (Å²) < 4.78 is 0. The van der Waals surface area contributed by atoms with E-state index in [1.165, 1.54) is 0 Å². The number of aromatic carboxylic acids is 2. The Hall–Kier alpha value is -3.82. The summed E-state index contributed by atoms with van der Waals surface area (Å²) in [5.41, 5.74) is -3.67. The molecule has 0 aliphatic carbocycles. The highest BCUT2D eigenvalue weighted by Gasteiger charge is 2.23. The van der Waals surface area contributed by atoms with Crippen LogP contribution in [-0.4, -0.2) is 37.8 Å². The summed E-state index contributed by atoms with van der Waals surface area (Å²) >= 11 is 0. The van der Waals surface area contributed by atoms with Crippen molar-refractivity contribution in [2.75, 3.05) is 0 Å². The Labute approximate surface area is 132 Å². The smallest absolute Gasteiger partial charge is 0.353 e. The summed E-state index contributed by atoms with van der Waals surface area (Å²) in [5, 5.41) is 28.6. The van der Waals surface area contributed by atoms with E-state index in [4.69, 9.17) is 10.2 Å². The SMILES string of the molecule is O=C(c1ccc([N+](=O)[O-])cc1)c1cc(C(=O)O)c(=O)[nH]c1C(=O)O. The molecule has 24 heavy (non-hydrogen) atoms. The highest BCUT2D eigenvalue weighted by molar-refractivity contribution is 6.14. The van der Waals surface area contributed by atoms with E-state index < -0.39 is 45.0 Å². The van der Waals surface area contributed by atoms with Crippen molar-refractivity contribution in [2.45, 2.75) is 0 Å². The van der Waals surface area contributed by atoms with Gasteiger partial charge < -0.3 is 15.2 Å². The molecule has 0 spiro atoms. The molecule has 0 saturated heterocycles. The fourth-order valence-electron chi connectivity index (χ4n) is 1.93. The van der Waals surface area contributed by atoms with Crippen molar-refractivity contribution in [3.8, 4) is 0 Å². The zero-order valence-corrected chi connectivity index (χ0v) is 11.7.